The molecule has 0 aromatic heterocycles. The molecule has 1 N–H and O–H groups in total. The predicted molar refractivity (Wildman–Crippen MR) is 52.0 cm³/mol. The SMILES string of the molecule is CC(C)(C)CC1CCCCC1O. The molecule has 0 amide bonds. The predicted octanol–water partition coefficient (Wildman–Crippen LogP) is 2.97. The van der Waals surface area contributed by atoms with E-state index in [-0.39, 0.29) is 6.10 Å². The first kappa shape index (κ1) is 10.0. The molecular formula is C11H22O. The van der Waals surface area contributed by atoms with Gasteiger partial charge in [-0.25, -0.2) is 0 Å². The van der Waals surface area contributed by atoms with Crippen LogP contribution in [0.25, 0.3) is 0 Å². The quantitative estimate of drug-likeness (QED) is 0.641. The molecule has 0 saturated heterocycles. The van der Waals surface area contributed by atoms with Gasteiger partial charge in [0.25, 0.3) is 0 Å². The van der Waals surface area contributed by atoms with Gasteiger partial charge in [-0.15, -0.1) is 0 Å². The van der Waals surface area contributed by atoms with Gasteiger partial charge in [0, 0.05) is 0 Å². The van der Waals surface area contributed by atoms with E-state index < -0.39 is 0 Å². The molecule has 1 rings (SSSR count). The fourth-order valence-electron chi connectivity index (χ4n) is 2.21. The topological polar surface area (TPSA) is 20.2 Å². The maximum atomic E-state index is 9.73. The van der Waals surface area contributed by atoms with Crippen molar-refractivity contribution >= 4 is 0 Å². The molecule has 0 heterocycles. The monoisotopic (exact) mass is 170 g/mol. The van der Waals surface area contributed by atoms with Gasteiger partial charge in [0.1, 0.15) is 0 Å². The van der Waals surface area contributed by atoms with Gasteiger partial charge in [-0.05, 0) is 30.6 Å². The molecular weight excluding hydrogens is 148 g/mol. The van der Waals surface area contributed by atoms with Gasteiger partial charge in [-0.2, -0.15) is 0 Å². The maximum absolute atomic E-state index is 9.73. The summed E-state index contributed by atoms with van der Waals surface area (Å²) < 4.78 is 0. The smallest absolute Gasteiger partial charge is 0.0568 e. The zero-order valence-electron chi connectivity index (χ0n) is 8.64. The summed E-state index contributed by atoms with van der Waals surface area (Å²) in [5.41, 5.74) is 0.378. The Balaban J connectivity index is 2.39. The van der Waals surface area contributed by atoms with Crippen LogP contribution in [0.1, 0.15) is 52.9 Å². The minimum Gasteiger partial charge on any atom is -0.393 e. The highest BCUT2D eigenvalue weighted by molar-refractivity contribution is 4.78. The number of hydrogen-bond acceptors (Lipinski definition) is 1. The highest BCUT2D eigenvalue weighted by atomic mass is 16.3. The molecule has 1 saturated carbocycles. The van der Waals surface area contributed by atoms with Crippen LogP contribution in [-0.2, 0) is 0 Å². The van der Waals surface area contributed by atoms with Crippen molar-refractivity contribution in [1.29, 1.82) is 0 Å². The molecule has 0 radical (unpaired) electrons. The van der Waals surface area contributed by atoms with Crippen molar-refractivity contribution in [2.75, 3.05) is 0 Å². The number of rotatable bonds is 1. The lowest BCUT2D eigenvalue weighted by atomic mass is 9.76. The van der Waals surface area contributed by atoms with E-state index in [0.717, 1.165) is 6.42 Å². The van der Waals surface area contributed by atoms with Crippen molar-refractivity contribution in [2.24, 2.45) is 11.3 Å². The first-order valence-electron chi connectivity index (χ1n) is 5.17. The molecule has 0 aromatic carbocycles. The van der Waals surface area contributed by atoms with Crippen LogP contribution in [-0.4, -0.2) is 11.2 Å². The Hall–Kier alpha value is -0.0400. The van der Waals surface area contributed by atoms with Crippen molar-refractivity contribution in [3.05, 3.63) is 0 Å². The fourth-order valence-corrected chi connectivity index (χ4v) is 2.21. The van der Waals surface area contributed by atoms with Crippen LogP contribution in [0.3, 0.4) is 0 Å². The Morgan fingerprint density at radius 1 is 1.17 bits per heavy atom. The Bertz CT molecular complexity index is 134. The number of aliphatic hydroxyl groups excluding tert-OH is 1. The molecule has 0 bridgehead atoms. The van der Waals surface area contributed by atoms with Crippen molar-refractivity contribution in [2.45, 2.75) is 59.0 Å². The summed E-state index contributed by atoms with van der Waals surface area (Å²) in [5, 5.41) is 9.73. The Morgan fingerprint density at radius 3 is 2.25 bits per heavy atom. The van der Waals surface area contributed by atoms with E-state index in [2.05, 4.69) is 20.8 Å². The minimum absolute atomic E-state index is 0.0158. The van der Waals surface area contributed by atoms with Gasteiger partial charge in [0.15, 0.2) is 0 Å². The average molecular weight is 170 g/mol. The maximum Gasteiger partial charge on any atom is 0.0568 e. The van der Waals surface area contributed by atoms with E-state index in [1.165, 1.54) is 25.7 Å². The van der Waals surface area contributed by atoms with Crippen LogP contribution in [0.2, 0.25) is 0 Å². The molecule has 1 aliphatic rings. The standard InChI is InChI=1S/C11H22O/c1-11(2,3)8-9-6-4-5-7-10(9)12/h9-10,12H,4-8H2,1-3H3. The third-order valence-corrected chi connectivity index (χ3v) is 2.74. The second kappa shape index (κ2) is 3.78. The van der Waals surface area contributed by atoms with Crippen LogP contribution >= 0.6 is 0 Å². The van der Waals surface area contributed by atoms with Gasteiger partial charge < -0.3 is 5.11 Å². The lowest BCUT2D eigenvalue weighted by Gasteiger charge is -2.32. The normalized spacial score (nSPS) is 32.0. The van der Waals surface area contributed by atoms with Crippen LogP contribution in [0.5, 0.6) is 0 Å². The van der Waals surface area contributed by atoms with Crippen LogP contribution in [0, 0.1) is 11.3 Å². The summed E-state index contributed by atoms with van der Waals surface area (Å²) in [4.78, 5) is 0. The van der Waals surface area contributed by atoms with Crippen molar-refractivity contribution < 1.29 is 5.11 Å². The fraction of sp³-hybridized carbons (Fsp3) is 1.00. The molecule has 1 fully saturated rings. The summed E-state index contributed by atoms with van der Waals surface area (Å²) in [6.07, 6.45) is 5.96. The van der Waals surface area contributed by atoms with E-state index in [0.29, 0.717) is 11.3 Å². The molecule has 0 aliphatic heterocycles. The van der Waals surface area contributed by atoms with Crippen LogP contribution < -0.4 is 0 Å². The third kappa shape index (κ3) is 3.14. The Labute approximate surface area is 76.2 Å². The van der Waals surface area contributed by atoms with Crippen molar-refractivity contribution in [3.8, 4) is 0 Å². The van der Waals surface area contributed by atoms with Gasteiger partial charge >= 0.3 is 0 Å². The highest BCUT2D eigenvalue weighted by Gasteiger charge is 2.26. The van der Waals surface area contributed by atoms with Crippen molar-refractivity contribution in [1.82, 2.24) is 0 Å². The summed E-state index contributed by atoms with van der Waals surface area (Å²) in [7, 11) is 0. The van der Waals surface area contributed by atoms with E-state index in [9.17, 15) is 5.11 Å². The molecule has 12 heavy (non-hydrogen) atoms. The van der Waals surface area contributed by atoms with E-state index in [1.54, 1.807) is 0 Å². The third-order valence-electron chi connectivity index (χ3n) is 2.74. The molecule has 72 valence electrons. The molecule has 0 aromatic rings. The molecule has 0 spiro atoms. The van der Waals surface area contributed by atoms with E-state index in [1.807, 2.05) is 0 Å². The van der Waals surface area contributed by atoms with E-state index >= 15 is 0 Å². The minimum atomic E-state index is -0.0158. The largest absolute Gasteiger partial charge is 0.393 e. The van der Waals surface area contributed by atoms with Gasteiger partial charge in [0.05, 0.1) is 6.10 Å². The first-order chi connectivity index (χ1) is 5.49. The Morgan fingerprint density at radius 2 is 1.75 bits per heavy atom. The zero-order chi connectivity index (χ0) is 9.19. The van der Waals surface area contributed by atoms with E-state index in [4.69, 9.17) is 0 Å². The van der Waals surface area contributed by atoms with Crippen LogP contribution in [0.4, 0.5) is 0 Å². The highest BCUT2D eigenvalue weighted by Crippen LogP contribution is 2.34. The molecule has 2 unspecified atom stereocenters. The zero-order valence-corrected chi connectivity index (χ0v) is 8.64. The summed E-state index contributed by atoms with van der Waals surface area (Å²) in [5.74, 6) is 0.568. The van der Waals surface area contributed by atoms with Gasteiger partial charge in [-0.1, -0.05) is 33.6 Å². The van der Waals surface area contributed by atoms with Crippen molar-refractivity contribution in [3.63, 3.8) is 0 Å². The van der Waals surface area contributed by atoms with Crippen LogP contribution in [0.15, 0.2) is 0 Å². The molecule has 2 atom stereocenters. The molecule has 1 aliphatic carbocycles. The Kier molecular flexibility index (Phi) is 3.16. The summed E-state index contributed by atoms with van der Waals surface area (Å²) >= 11 is 0. The molecule has 1 nitrogen and oxygen atoms in total. The molecule has 1 heteroatoms. The average Bonchev–Trinajstić information content (AvgIpc) is 1.91. The lowest BCUT2D eigenvalue weighted by Crippen LogP contribution is -2.28. The van der Waals surface area contributed by atoms with Gasteiger partial charge in [0.2, 0.25) is 0 Å². The first-order valence-corrected chi connectivity index (χ1v) is 5.17. The number of hydrogen-bond donors (Lipinski definition) is 1. The second-order valence-corrected chi connectivity index (χ2v) is 5.38. The summed E-state index contributed by atoms with van der Waals surface area (Å²) in [6.45, 7) is 6.77. The van der Waals surface area contributed by atoms with Gasteiger partial charge in [-0.3, -0.25) is 0 Å². The number of aliphatic hydroxyl groups is 1. The second-order valence-electron chi connectivity index (χ2n) is 5.38. The summed E-state index contributed by atoms with van der Waals surface area (Å²) in [6, 6.07) is 0. The lowest BCUT2D eigenvalue weighted by molar-refractivity contribution is 0.0471.